The van der Waals surface area contributed by atoms with E-state index in [0.29, 0.717) is 18.5 Å². The second kappa shape index (κ2) is 11.3. The predicted molar refractivity (Wildman–Crippen MR) is 110 cm³/mol. The largest absolute Gasteiger partial charge is 0.493 e. The Balaban J connectivity index is 2.20. The molecule has 0 unspecified atom stereocenters. The lowest BCUT2D eigenvalue weighted by atomic mass is 10.1. The van der Waals surface area contributed by atoms with Gasteiger partial charge in [-0.2, -0.15) is 0 Å². The zero-order valence-electron chi connectivity index (χ0n) is 17.5. The Morgan fingerprint density at radius 3 is 2.26 bits per heavy atom. The van der Waals surface area contributed by atoms with Gasteiger partial charge >= 0.3 is 11.9 Å². The molecule has 164 valence electrons. The zero-order valence-corrected chi connectivity index (χ0v) is 17.5. The summed E-state index contributed by atoms with van der Waals surface area (Å²) in [6.07, 6.45) is 8.31. The van der Waals surface area contributed by atoms with Crippen LogP contribution in [0.2, 0.25) is 0 Å². The van der Waals surface area contributed by atoms with Gasteiger partial charge in [0.05, 0.1) is 20.8 Å². The molecule has 0 aromatic heterocycles. The molecular weight excluding hydrogens is 406 g/mol. The van der Waals surface area contributed by atoms with Crippen LogP contribution in [0.15, 0.2) is 42.5 Å². The number of carbonyl (C=O) groups is 4. The van der Waals surface area contributed by atoms with E-state index in [1.54, 1.807) is 13.0 Å². The normalized spacial score (nSPS) is 13.5. The van der Waals surface area contributed by atoms with E-state index < -0.39 is 17.8 Å². The molecule has 9 nitrogen and oxygen atoms in total. The lowest BCUT2D eigenvalue weighted by Crippen LogP contribution is -2.37. The van der Waals surface area contributed by atoms with Gasteiger partial charge in [-0.15, -0.1) is 0 Å². The molecule has 1 aliphatic heterocycles. The molecule has 0 N–H and O–H groups in total. The fraction of sp³-hybridized carbons (Fsp3) is 0.273. The third-order valence-electron chi connectivity index (χ3n) is 4.06. The van der Waals surface area contributed by atoms with Crippen molar-refractivity contribution in [2.45, 2.75) is 13.3 Å². The Morgan fingerprint density at radius 2 is 1.68 bits per heavy atom. The summed E-state index contributed by atoms with van der Waals surface area (Å²) >= 11 is 0. The number of imide groups is 1. The first-order valence-corrected chi connectivity index (χ1v) is 9.42. The topological polar surface area (TPSA) is 108 Å². The first-order chi connectivity index (χ1) is 14.9. The second-order valence-electron chi connectivity index (χ2n) is 6.11. The second-order valence-corrected chi connectivity index (χ2v) is 6.11. The van der Waals surface area contributed by atoms with Crippen molar-refractivity contribution < 1.29 is 38.1 Å². The number of esters is 2. The first-order valence-electron chi connectivity index (χ1n) is 9.42. The molecule has 0 atom stereocenters. The molecule has 2 amide bonds. The molecule has 1 aromatic carbocycles. The van der Waals surface area contributed by atoms with Crippen molar-refractivity contribution in [2.75, 3.05) is 27.4 Å². The number of amides is 2. The van der Waals surface area contributed by atoms with Gasteiger partial charge in [0, 0.05) is 24.8 Å². The minimum atomic E-state index is -0.834. The highest BCUT2D eigenvalue weighted by atomic mass is 16.6. The summed E-state index contributed by atoms with van der Waals surface area (Å²) in [5, 5.41) is 0. The van der Waals surface area contributed by atoms with Gasteiger partial charge in [-0.05, 0) is 43.2 Å². The van der Waals surface area contributed by atoms with Crippen LogP contribution in [0, 0.1) is 0 Å². The molecule has 2 rings (SSSR count). The van der Waals surface area contributed by atoms with Crippen LogP contribution in [-0.4, -0.2) is 56.0 Å². The monoisotopic (exact) mass is 429 g/mol. The summed E-state index contributed by atoms with van der Waals surface area (Å²) < 4.78 is 20.5. The molecule has 1 aromatic rings. The molecule has 1 aliphatic rings. The molecule has 0 spiro atoms. The van der Waals surface area contributed by atoms with Crippen molar-refractivity contribution in [3.05, 3.63) is 48.1 Å². The van der Waals surface area contributed by atoms with Crippen LogP contribution in [0.4, 0.5) is 0 Å². The van der Waals surface area contributed by atoms with Crippen molar-refractivity contribution in [1.82, 2.24) is 4.90 Å². The number of nitrogens with zero attached hydrogens (tertiary/aromatic N) is 1. The van der Waals surface area contributed by atoms with Crippen molar-refractivity contribution in [3.63, 3.8) is 0 Å². The number of benzene rings is 1. The molecule has 31 heavy (non-hydrogen) atoms. The fourth-order valence-corrected chi connectivity index (χ4v) is 2.62. The molecule has 0 saturated carbocycles. The van der Waals surface area contributed by atoms with E-state index in [9.17, 15) is 19.2 Å². The highest BCUT2D eigenvalue weighted by Gasteiger charge is 2.20. The third kappa shape index (κ3) is 6.56. The highest BCUT2D eigenvalue weighted by Crippen LogP contribution is 2.39. The summed E-state index contributed by atoms with van der Waals surface area (Å²) in [5.41, 5.74) is 0.518. The van der Waals surface area contributed by atoms with E-state index >= 15 is 0 Å². The van der Waals surface area contributed by atoms with E-state index in [-0.39, 0.29) is 29.8 Å². The maximum Gasteiger partial charge on any atom is 0.336 e. The highest BCUT2D eigenvalue weighted by molar-refractivity contribution is 6.07. The first kappa shape index (κ1) is 23.4. The van der Waals surface area contributed by atoms with Crippen molar-refractivity contribution in [2.24, 2.45) is 0 Å². The van der Waals surface area contributed by atoms with Gasteiger partial charge in [-0.25, -0.2) is 9.59 Å². The van der Waals surface area contributed by atoms with Crippen LogP contribution in [-0.2, 0) is 23.9 Å². The standard InChI is InChI=1S/C22H23NO8/c1-4-30-20(26)10-11-21(27)31-22-16(28-2)13-15(14-17(22)29-3)8-9-19(25)23-12-6-5-7-18(23)24/h5,7-11,13-14H,4,6,12H2,1-3H3/b9-8+,11-10+. The Morgan fingerprint density at radius 1 is 1.03 bits per heavy atom. The SMILES string of the molecule is CCOC(=O)/C=C/C(=O)Oc1c(OC)cc(/C=C/C(=O)N2CCC=CC2=O)cc1OC. The van der Waals surface area contributed by atoms with Crippen molar-refractivity contribution >= 4 is 29.8 Å². The molecule has 1 heterocycles. The quantitative estimate of drug-likeness (QED) is 0.351. The predicted octanol–water partition coefficient (Wildman–Crippen LogP) is 2.06. The molecular formula is C22H23NO8. The lowest BCUT2D eigenvalue weighted by Gasteiger charge is -2.19. The molecule has 0 radical (unpaired) electrons. The van der Waals surface area contributed by atoms with Crippen LogP contribution in [0.5, 0.6) is 17.2 Å². The fourth-order valence-electron chi connectivity index (χ4n) is 2.62. The Hall–Kier alpha value is -3.88. The van der Waals surface area contributed by atoms with Gasteiger partial charge in [-0.1, -0.05) is 6.08 Å². The summed E-state index contributed by atoms with van der Waals surface area (Å²) in [5.74, 6) is -1.99. The molecule has 0 fully saturated rings. The van der Waals surface area contributed by atoms with Gasteiger partial charge < -0.3 is 18.9 Å². The van der Waals surface area contributed by atoms with Gasteiger partial charge in [-0.3, -0.25) is 14.5 Å². The maximum absolute atomic E-state index is 12.3. The Bertz CT molecular complexity index is 920. The Kier molecular flexibility index (Phi) is 8.56. The Labute approximate surface area is 179 Å². The van der Waals surface area contributed by atoms with Crippen molar-refractivity contribution in [3.8, 4) is 17.2 Å². The van der Waals surface area contributed by atoms with Crippen LogP contribution in [0.3, 0.4) is 0 Å². The van der Waals surface area contributed by atoms with Gasteiger partial charge in [0.15, 0.2) is 11.5 Å². The number of methoxy groups -OCH3 is 2. The smallest absolute Gasteiger partial charge is 0.336 e. The van der Waals surface area contributed by atoms with E-state index in [1.165, 1.54) is 44.6 Å². The van der Waals surface area contributed by atoms with E-state index in [1.807, 2.05) is 0 Å². The van der Waals surface area contributed by atoms with Gasteiger partial charge in [0.25, 0.3) is 11.8 Å². The minimum absolute atomic E-state index is 0.00308. The average molecular weight is 429 g/mol. The summed E-state index contributed by atoms with van der Waals surface area (Å²) in [4.78, 5) is 48.6. The number of carbonyl (C=O) groups excluding carboxylic acids is 4. The minimum Gasteiger partial charge on any atom is -0.493 e. The van der Waals surface area contributed by atoms with E-state index in [2.05, 4.69) is 0 Å². The zero-order chi connectivity index (χ0) is 22.8. The average Bonchev–Trinajstić information content (AvgIpc) is 2.77. The van der Waals surface area contributed by atoms with Crippen molar-refractivity contribution in [1.29, 1.82) is 0 Å². The van der Waals surface area contributed by atoms with Crippen LogP contribution in [0.1, 0.15) is 18.9 Å². The summed E-state index contributed by atoms with van der Waals surface area (Å²) in [6, 6.07) is 3.06. The number of hydrogen-bond donors (Lipinski definition) is 0. The molecule has 0 saturated heterocycles. The van der Waals surface area contributed by atoms with Crippen LogP contribution < -0.4 is 14.2 Å². The maximum atomic E-state index is 12.3. The van der Waals surface area contributed by atoms with E-state index in [4.69, 9.17) is 18.9 Å². The molecule has 0 bridgehead atoms. The summed E-state index contributed by atoms with van der Waals surface area (Å²) in [7, 11) is 2.75. The van der Waals surface area contributed by atoms with Crippen LogP contribution in [0.25, 0.3) is 6.08 Å². The third-order valence-corrected chi connectivity index (χ3v) is 4.06. The van der Waals surface area contributed by atoms with Gasteiger partial charge in [0.1, 0.15) is 0 Å². The van der Waals surface area contributed by atoms with Crippen LogP contribution >= 0.6 is 0 Å². The molecule has 0 aliphatic carbocycles. The molecule has 9 heteroatoms. The summed E-state index contributed by atoms with van der Waals surface area (Å²) in [6.45, 7) is 2.14. The lowest BCUT2D eigenvalue weighted by molar-refractivity contribution is -0.139. The van der Waals surface area contributed by atoms with E-state index in [0.717, 1.165) is 17.1 Å². The van der Waals surface area contributed by atoms with Gasteiger partial charge in [0.2, 0.25) is 5.75 Å². The number of hydrogen-bond acceptors (Lipinski definition) is 8. The number of rotatable bonds is 8. The number of ether oxygens (including phenoxy) is 4.